The molecule has 0 N–H and O–H groups in total. The Kier molecular flexibility index (Phi) is 3.62. The summed E-state index contributed by atoms with van der Waals surface area (Å²) < 4.78 is 18.9. The Labute approximate surface area is 139 Å². The van der Waals surface area contributed by atoms with Crippen molar-refractivity contribution in [2.75, 3.05) is 6.61 Å². The molecule has 3 aromatic carbocycles. The number of rotatable bonds is 1. The van der Waals surface area contributed by atoms with Crippen molar-refractivity contribution in [1.82, 2.24) is 0 Å². The Morgan fingerprint density at radius 1 is 0.958 bits per heavy atom. The molecule has 3 heteroatoms. The lowest BCUT2D eigenvalue weighted by atomic mass is 9.96. The number of benzene rings is 3. The van der Waals surface area contributed by atoms with Gasteiger partial charge in [-0.15, -0.1) is 0 Å². The van der Waals surface area contributed by atoms with Crippen molar-refractivity contribution >= 4 is 22.6 Å². The highest BCUT2D eigenvalue weighted by Gasteiger charge is 2.22. The van der Waals surface area contributed by atoms with Crippen molar-refractivity contribution in [3.63, 3.8) is 0 Å². The molecule has 0 atom stereocenters. The van der Waals surface area contributed by atoms with E-state index in [1.54, 1.807) is 12.1 Å². The van der Waals surface area contributed by atoms with E-state index in [4.69, 9.17) is 4.74 Å². The van der Waals surface area contributed by atoms with Crippen LogP contribution in [0.2, 0.25) is 0 Å². The minimum absolute atomic E-state index is 0.0300. The van der Waals surface area contributed by atoms with E-state index in [1.165, 1.54) is 12.1 Å². The van der Waals surface area contributed by atoms with E-state index in [1.807, 2.05) is 42.5 Å². The maximum absolute atomic E-state index is 13.0. The number of halogens is 1. The summed E-state index contributed by atoms with van der Waals surface area (Å²) in [6.07, 6.45) is 2.34. The summed E-state index contributed by atoms with van der Waals surface area (Å²) in [4.78, 5) is 12.9. The molecule has 3 aromatic rings. The van der Waals surface area contributed by atoms with Gasteiger partial charge in [-0.05, 0) is 35.2 Å². The van der Waals surface area contributed by atoms with Gasteiger partial charge in [-0.1, -0.05) is 42.5 Å². The minimum Gasteiger partial charge on any atom is -0.492 e. The average molecular weight is 318 g/mol. The third-order valence-corrected chi connectivity index (χ3v) is 4.24. The second-order valence-corrected chi connectivity index (χ2v) is 5.81. The first-order valence-corrected chi connectivity index (χ1v) is 7.88. The predicted octanol–water partition coefficient (Wildman–Crippen LogP) is 5.03. The fourth-order valence-electron chi connectivity index (χ4n) is 3.02. The zero-order valence-corrected chi connectivity index (χ0v) is 13.0. The molecule has 0 aromatic heterocycles. The number of ether oxygens (including phenoxy) is 1. The molecule has 0 spiro atoms. The molecule has 0 saturated carbocycles. The van der Waals surface area contributed by atoms with Gasteiger partial charge in [0.05, 0.1) is 12.2 Å². The Bertz CT molecular complexity index is 955. The van der Waals surface area contributed by atoms with Crippen molar-refractivity contribution in [2.45, 2.75) is 6.42 Å². The van der Waals surface area contributed by atoms with E-state index < -0.39 is 0 Å². The molecule has 0 amide bonds. The molecule has 1 aliphatic rings. The Morgan fingerprint density at radius 2 is 1.75 bits per heavy atom. The van der Waals surface area contributed by atoms with E-state index in [2.05, 4.69) is 0 Å². The molecule has 24 heavy (non-hydrogen) atoms. The second kappa shape index (κ2) is 5.93. The summed E-state index contributed by atoms with van der Waals surface area (Å²) in [6, 6.07) is 17.8. The van der Waals surface area contributed by atoms with Gasteiger partial charge in [0.25, 0.3) is 0 Å². The molecule has 4 rings (SSSR count). The van der Waals surface area contributed by atoms with Gasteiger partial charge in [-0.25, -0.2) is 4.39 Å². The number of carbonyl (C=O) groups is 1. The third kappa shape index (κ3) is 2.58. The molecule has 118 valence electrons. The summed E-state index contributed by atoms with van der Waals surface area (Å²) in [5, 5.41) is 2.00. The number of hydrogen-bond acceptors (Lipinski definition) is 2. The second-order valence-electron chi connectivity index (χ2n) is 5.81. The molecule has 1 heterocycles. The third-order valence-electron chi connectivity index (χ3n) is 4.24. The van der Waals surface area contributed by atoms with Gasteiger partial charge in [-0.2, -0.15) is 0 Å². The Balaban J connectivity index is 1.80. The maximum Gasteiger partial charge on any atom is 0.192 e. The molecule has 0 saturated heterocycles. The monoisotopic (exact) mass is 318 g/mol. The van der Waals surface area contributed by atoms with Crippen LogP contribution >= 0.6 is 0 Å². The fourth-order valence-corrected chi connectivity index (χ4v) is 3.02. The molecular weight excluding hydrogens is 303 g/mol. The first-order valence-electron chi connectivity index (χ1n) is 7.88. The number of ketones is 1. The number of Topliss-reactive ketones (excluding diaryl/α,β-unsaturated/α-hetero) is 1. The van der Waals surface area contributed by atoms with Crippen LogP contribution in [-0.2, 0) is 0 Å². The fraction of sp³-hybridized carbons (Fsp3) is 0.0952. The summed E-state index contributed by atoms with van der Waals surface area (Å²) in [7, 11) is 0. The topological polar surface area (TPSA) is 26.3 Å². The zero-order valence-electron chi connectivity index (χ0n) is 13.0. The van der Waals surface area contributed by atoms with Crippen LogP contribution in [0.4, 0.5) is 4.39 Å². The van der Waals surface area contributed by atoms with Gasteiger partial charge < -0.3 is 4.74 Å². The van der Waals surface area contributed by atoms with Gasteiger partial charge in [0.15, 0.2) is 5.78 Å². The van der Waals surface area contributed by atoms with Crippen molar-refractivity contribution in [2.24, 2.45) is 0 Å². The first kappa shape index (κ1) is 14.6. The van der Waals surface area contributed by atoms with Crippen molar-refractivity contribution in [3.8, 4) is 5.75 Å². The lowest BCUT2D eigenvalue weighted by Crippen LogP contribution is -2.02. The predicted molar refractivity (Wildman–Crippen MR) is 92.8 cm³/mol. The van der Waals surface area contributed by atoms with E-state index in [0.717, 1.165) is 16.3 Å². The highest BCUT2D eigenvalue weighted by Crippen LogP contribution is 2.34. The molecular formula is C21H15FO2. The highest BCUT2D eigenvalue weighted by molar-refractivity contribution is 6.15. The van der Waals surface area contributed by atoms with Crippen molar-refractivity contribution in [1.29, 1.82) is 0 Å². The van der Waals surface area contributed by atoms with Crippen LogP contribution in [0.1, 0.15) is 22.3 Å². The first-order chi connectivity index (χ1) is 11.7. The van der Waals surface area contributed by atoms with E-state index >= 15 is 0 Å². The molecule has 2 nitrogen and oxygen atoms in total. The molecule has 1 aliphatic heterocycles. The van der Waals surface area contributed by atoms with Crippen LogP contribution < -0.4 is 4.74 Å². The van der Waals surface area contributed by atoms with Crippen LogP contribution in [0, 0.1) is 5.82 Å². The largest absolute Gasteiger partial charge is 0.492 e. The van der Waals surface area contributed by atoms with Gasteiger partial charge >= 0.3 is 0 Å². The number of hydrogen-bond donors (Lipinski definition) is 0. The van der Waals surface area contributed by atoms with Gasteiger partial charge in [0.1, 0.15) is 11.6 Å². The quantitative estimate of drug-likeness (QED) is 0.588. The summed E-state index contributed by atoms with van der Waals surface area (Å²) in [5.74, 6) is 0.336. The molecule has 0 radical (unpaired) electrons. The maximum atomic E-state index is 13.0. The van der Waals surface area contributed by atoms with Crippen LogP contribution in [-0.4, -0.2) is 12.4 Å². The zero-order chi connectivity index (χ0) is 16.5. The SMILES string of the molecule is O=C1/C(=C\c2ccc(F)cc2)CCOc2c1ccc1ccccc21. The molecule has 0 aliphatic carbocycles. The van der Waals surface area contributed by atoms with Crippen LogP contribution in [0.5, 0.6) is 5.75 Å². The van der Waals surface area contributed by atoms with E-state index in [0.29, 0.717) is 29.9 Å². The summed E-state index contributed by atoms with van der Waals surface area (Å²) in [5.41, 5.74) is 2.07. The summed E-state index contributed by atoms with van der Waals surface area (Å²) in [6.45, 7) is 0.444. The highest BCUT2D eigenvalue weighted by atomic mass is 19.1. The molecule has 0 unspecified atom stereocenters. The molecule has 0 fully saturated rings. The Hall–Kier alpha value is -2.94. The van der Waals surface area contributed by atoms with E-state index in [9.17, 15) is 9.18 Å². The normalized spacial score (nSPS) is 15.9. The van der Waals surface area contributed by atoms with Crippen molar-refractivity contribution < 1.29 is 13.9 Å². The van der Waals surface area contributed by atoms with Gasteiger partial charge in [-0.3, -0.25) is 4.79 Å². The van der Waals surface area contributed by atoms with E-state index in [-0.39, 0.29) is 11.6 Å². The Morgan fingerprint density at radius 3 is 2.58 bits per heavy atom. The van der Waals surface area contributed by atoms with Gasteiger partial charge in [0.2, 0.25) is 0 Å². The smallest absolute Gasteiger partial charge is 0.192 e. The number of carbonyl (C=O) groups excluding carboxylic acids is 1. The van der Waals surface area contributed by atoms with Gasteiger partial charge in [0, 0.05) is 17.4 Å². The van der Waals surface area contributed by atoms with Crippen molar-refractivity contribution in [3.05, 3.63) is 83.2 Å². The average Bonchev–Trinajstić information content (AvgIpc) is 2.77. The summed E-state index contributed by atoms with van der Waals surface area (Å²) >= 11 is 0. The lowest BCUT2D eigenvalue weighted by molar-refractivity contribution is 0.103. The lowest BCUT2D eigenvalue weighted by Gasteiger charge is -2.09. The standard InChI is InChI=1S/C21H15FO2/c22-17-8-5-14(6-9-17)13-16-11-12-24-21-18-4-2-1-3-15(18)7-10-19(21)20(16)23/h1-10,13H,11-12H2/b16-13-. The molecule has 0 bridgehead atoms. The number of fused-ring (bicyclic) bond motifs is 3. The van der Waals surface area contributed by atoms with Crippen LogP contribution in [0.15, 0.2) is 66.2 Å². The van der Waals surface area contributed by atoms with Crippen LogP contribution in [0.3, 0.4) is 0 Å². The van der Waals surface area contributed by atoms with Crippen LogP contribution in [0.25, 0.3) is 16.8 Å². The minimum atomic E-state index is -0.288.